The Kier molecular flexibility index (Phi) is 6.17. The average molecular weight is 448 g/mol. The molecule has 0 spiro atoms. The van der Waals surface area contributed by atoms with Crippen molar-refractivity contribution in [2.45, 2.75) is 51.6 Å². The SMILES string of the molecule is CCC(Cn1cc(-c2cccnc2)c2ccccc21)NS(=O)(=O)c1c(C)cc(C)cc1C. The first-order chi connectivity index (χ1) is 15.3. The lowest BCUT2D eigenvalue weighted by atomic mass is 10.1. The Labute approximate surface area is 190 Å². The fourth-order valence-corrected chi connectivity index (χ4v) is 6.27. The molecule has 0 amide bonds. The lowest BCUT2D eigenvalue weighted by Gasteiger charge is -2.20. The molecule has 2 aromatic heterocycles. The number of para-hydroxylation sites is 1. The van der Waals surface area contributed by atoms with Gasteiger partial charge in [0.25, 0.3) is 0 Å². The van der Waals surface area contributed by atoms with Crippen LogP contribution in [0.15, 0.2) is 72.0 Å². The molecule has 4 rings (SSSR count). The van der Waals surface area contributed by atoms with Gasteiger partial charge in [-0.1, -0.05) is 48.9 Å². The van der Waals surface area contributed by atoms with Crippen molar-refractivity contribution >= 4 is 20.9 Å². The Morgan fingerprint density at radius 3 is 2.41 bits per heavy atom. The number of aryl methyl sites for hydroxylation is 3. The molecule has 166 valence electrons. The minimum absolute atomic E-state index is 0.238. The lowest BCUT2D eigenvalue weighted by Crippen LogP contribution is -2.38. The molecule has 0 fully saturated rings. The van der Waals surface area contributed by atoms with Gasteiger partial charge in [-0.25, -0.2) is 13.1 Å². The van der Waals surface area contributed by atoms with Crippen LogP contribution in [0.4, 0.5) is 0 Å². The normalized spacial score (nSPS) is 12.9. The van der Waals surface area contributed by atoms with Gasteiger partial charge in [0, 0.05) is 53.2 Å². The van der Waals surface area contributed by atoms with Crippen molar-refractivity contribution in [3.63, 3.8) is 0 Å². The lowest BCUT2D eigenvalue weighted by molar-refractivity contribution is 0.491. The van der Waals surface area contributed by atoms with Crippen molar-refractivity contribution in [2.24, 2.45) is 0 Å². The van der Waals surface area contributed by atoms with Gasteiger partial charge in [0.1, 0.15) is 0 Å². The Morgan fingerprint density at radius 1 is 1.03 bits per heavy atom. The number of rotatable bonds is 7. The second-order valence-electron chi connectivity index (χ2n) is 8.41. The van der Waals surface area contributed by atoms with Crippen LogP contribution < -0.4 is 4.72 Å². The summed E-state index contributed by atoms with van der Waals surface area (Å²) in [6, 6.07) is 15.8. The number of nitrogens with zero attached hydrogens (tertiary/aromatic N) is 2. The van der Waals surface area contributed by atoms with Crippen molar-refractivity contribution in [1.82, 2.24) is 14.3 Å². The minimum atomic E-state index is -3.64. The largest absolute Gasteiger partial charge is 0.345 e. The van der Waals surface area contributed by atoms with Crippen molar-refractivity contribution in [3.05, 3.63) is 83.8 Å². The molecular weight excluding hydrogens is 418 g/mol. The van der Waals surface area contributed by atoms with Gasteiger partial charge >= 0.3 is 0 Å². The van der Waals surface area contributed by atoms with E-state index in [0.717, 1.165) is 38.7 Å². The van der Waals surface area contributed by atoms with E-state index in [9.17, 15) is 8.42 Å². The molecule has 2 aromatic carbocycles. The van der Waals surface area contributed by atoms with Crippen LogP contribution in [0.3, 0.4) is 0 Å². The third-order valence-electron chi connectivity index (χ3n) is 5.87. The van der Waals surface area contributed by atoms with E-state index in [1.165, 1.54) is 0 Å². The number of aromatic nitrogens is 2. The molecule has 4 aromatic rings. The highest BCUT2D eigenvalue weighted by molar-refractivity contribution is 7.89. The van der Waals surface area contributed by atoms with Crippen LogP contribution in [0, 0.1) is 20.8 Å². The van der Waals surface area contributed by atoms with E-state index in [2.05, 4.69) is 32.6 Å². The second kappa shape index (κ2) is 8.88. The van der Waals surface area contributed by atoms with Gasteiger partial charge in [-0.05, 0) is 50.5 Å². The molecule has 5 nitrogen and oxygen atoms in total. The molecule has 32 heavy (non-hydrogen) atoms. The third-order valence-corrected chi connectivity index (χ3v) is 7.69. The molecule has 0 saturated carbocycles. The molecule has 0 aliphatic rings. The molecule has 2 heterocycles. The van der Waals surface area contributed by atoms with E-state index < -0.39 is 10.0 Å². The van der Waals surface area contributed by atoms with Crippen LogP contribution in [-0.2, 0) is 16.6 Å². The monoisotopic (exact) mass is 447 g/mol. The van der Waals surface area contributed by atoms with E-state index in [1.54, 1.807) is 6.20 Å². The van der Waals surface area contributed by atoms with Crippen LogP contribution in [-0.4, -0.2) is 24.0 Å². The third kappa shape index (κ3) is 4.33. The Bertz CT molecular complexity index is 1340. The summed E-state index contributed by atoms with van der Waals surface area (Å²) in [5.41, 5.74) is 5.82. The first-order valence-corrected chi connectivity index (χ1v) is 12.4. The van der Waals surface area contributed by atoms with Crippen LogP contribution in [0.2, 0.25) is 0 Å². The standard InChI is InChI=1S/C26H29N3O2S/c1-5-22(28-32(30,31)26-19(3)13-18(2)14-20(26)4)16-29-17-24(21-9-8-12-27-15-21)23-10-6-7-11-25(23)29/h6-15,17,22,28H,5,16H2,1-4H3. The van der Waals surface area contributed by atoms with E-state index >= 15 is 0 Å². The van der Waals surface area contributed by atoms with E-state index in [4.69, 9.17) is 0 Å². The Morgan fingerprint density at radius 2 is 1.75 bits per heavy atom. The highest BCUT2D eigenvalue weighted by Gasteiger charge is 2.24. The summed E-state index contributed by atoms with van der Waals surface area (Å²) in [7, 11) is -3.64. The van der Waals surface area contributed by atoms with Crippen LogP contribution in [0.5, 0.6) is 0 Å². The zero-order valence-electron chi connectivity index (χ0n) is 19.0. The molecule has 1 unspecified atom stereocenters. The van der Waals surface area contributed by atoms with Gasteiger partial charge in [-0.15, -0.1) is 0 Å². The fraction of sp³-hybridized carbons (Fsp3) is 0.269. The van der Waals surface area contributed by atoms with Crippen molar-refractivity contribution in [2.75, 3.05) is 0 Å². The summed E-state index contributed by atoms with van der Waals surface area (Å²) < 4.78 is 31.7. The van der Waals surface area contributed by atoms with E-state index in [1.807, 2.05) is 70.3 Å². The maximum Gasteiger partial charge on any atom is 0.241 e. The number of hydrogen-bond donors (Lipinski definition) is 1. The van der Waals surface area contributed by atoms with E-state index in [-0.39, 0.29) is 6.04 Å². The van der Waals surface area contributed by atoms with Crippen LogP contribution in [0.25, 0.3) is 22.0 Å². The van der Waals surface area contributed by atoms with Crippen molar-refractivity contribution in [3.8, 4) is 11.1 Å². The molecule has 1 atom stereocenters. The molecule has 0 aliphatic heterocycles. The number of fused-ring (bicyclic) bond motifs is 1. The predicted octanol–water partition coefficient (Wildman–Crippen LogP) is 5.39. The van der Waals surface area contributed by atoms with Gasteiger partial charge in [-0.2, -0.15) is 0 Å². The molecule has 0 saturated heterocycles. The first kappa shape index (κ1) is 22.2. The van der Waals surface area contributed by atoms with Crippen molar-refractivity contribution in [1.29, 1.82) is 0 Å². The number of benzene rings is 2. The zero-order chi connectivity index (χ0) is 22.9. The van der Waals surface area contributed by atoms with Crippen LogP contribution >= 0.6 is 0 Å². The number of sulfonamides is 1. The summed E-state index contributed by atoms with van der Waals surface area (Å²) in [6.45, 7) is 8.25. The topological polar surface area (TPSA) is 64.0 Å². The summed E-state index contributed by atoms with van der Waals surface area (Å²) >= 11 is 0. The minimum Gasteiger partial charge on any atom is -0.345 e. The van der Waals surface area contributed by atoms with E-state index in [0.29, 0.717) is 17.9 Å². The van der Waals surface area contributed by atoms with Gasteiger partial charge < -0.3 is 4.57 Å². The maximum absolute atomic E-state index is 13.3. The van der Waals surface area contributed by atoms with Gasteiger partial charge in [-0.3, -0.25) is 4.98 Å². The molecule has 1 N–H and O–H groups in total. The predicted molar refractivity (Wildman–Crippen MR) is 130 cm³/mol. The highest BCUT2D eigenvalue weighted by Crippen LogP contribution is 2.30. The van der Waals surface area contributed by atoms with Gasteiger partial charge in [0.05, 0.1) is 4.90 Å². The Hall–Kier alpha value is -2.96. The first-order valence-electron chi connectivity index (χ1n) is 10.9. The summed E-state index contributed by atoms with van der Waals surface area (Å²) in [5.74, 6) is 0. The molecule has 6 heteroatoms. The fourth-order valence-electron chi connectivity index (χ4n) is 4.51. The molecular formula is C26H29N3O2S. The average Bonchev–Trinajstić information content (AvgIpc) is 3.11. The maximum atomic E-state index is 13.3. The van der Waals surface area contributed by atoms with Crippen LogP contribution in [0.1, 0.15) is 30.0 Å². The number of nitrogens with one attached hydrogen (secondary N) is 1. The Balaban J connectivity index is 1.68. The molecule has 0 aliphatic carbocycles. The zero-order valence-corrected chi connectivity index (χ0v) is 19.8. The number of pyridine rings is 1. The summed E-state index contributed by atoms with van der Waals surface area (Å²) in [5, 5.41) is 1.13. The highest BCUT2D eigenvalue weighted by atomic mass is 32.2. The van der Waals surface area contributed by atoms with Crippen molar-refractivity contribution < 1.29 is 8.42 Å². The smallest absolute Gasteiger partial charge is 0.241 e. The quantitative estimate of drug-likeness (QED) is 0.413. The van der Waals surface area contributed by atoms with Gasteiger partial charge in [0.15, 0.2) is 0 Å². The summed E-state index contributed by atoms with van der Waals surface area (Å²) in [6.07, 6.45) is 6.40. The molecule has 0 bridgehead atoms. The summed E-state index contributed by atoms with van der Waals surface area (Å²) in [4.78, 5) is 4.64. The molecule has 0 radical (unpaired) electrons. The van der Waals surface area contributed by atoms with Gasteiger partial charge in [0.2, 0.25) is 10.0 Å². The second-order valence-corrected chi connectivity index (χ2v) is 10.1. The number of hydrogen-bond acceptors (Lipinski definition) is 3.